The zero-order chi connectivity index (χ0) is 31.6. The summed E-state index contributed by atoms with van der Waals surface area (Å²) in [6, 6.07) is 3.36. The summed E-state index contributed by atoms with van der Waals surface area (Å²) in [5, 5.41) is 13.8. The van der Waals surface area contributed by atoms with E-state index in [1.165, 1.54) is 29.2 Å². The van der Waals surface area contributed by atoms with Crippen LogP contribution in [0.4, 0.5) is 10.5 Å². The number of β-lactam (4-membered cyclic amide) rings is 1. The molecule has 0 aliphatic carbocycles. The summed E-state index contributed by atoms with van der Waals surface area (Å²) >= 11 is 1.07. The van der Waals surface area contributed by atoms with Gasteiger partial charge in [-0.25, -0.2) is 9.59 Å². The summed E-state index contributed by atoms with van der Waals surface area (Å²) < 4.78 is 10.4. The van der Waals surface area contributed by atoms with Gasteiger partial charge in [0.05, 0.1) is 0 Å². The predicted molar refractivity (Wildman–Crippen MR) is 149 cm³/mol. The van der Waals surface area contributed by atoms with Gasteiger partial charge in [-0.05, 0) is 24.6 Å². The molecule has 3 atom stereocenters. The van der Waals surface area contributed by atoms with Crippen LogP contribution in [-0.4, -0.2) is 112 Å². The molecule has 6 amide bonds. The van der Waals surface area contributed by atoms with Gasteiger partial charge in [-0.15, -0.1) is 11.8 Å². The zero-order valence-corrected chi connectivity index (χ0v) is 27.3. The number of nitrogen functional groups attached to an aromatic ring is 1. The Balaban J connectivity index is 0.00000353. The standard InChI is InChI=1S/C26H30N6O10S.Na.H/c1-4-30-9-10-31(21(36)20(30)35)25(40)28-17(14-5-7-16(27)8-6-14)19(34)29-26(41-3)23(39)32-18(22(37)38)15(11-42-13(2)33)12-43-24(26)32;;/h5-8,17,24H,4,9-12,27H2,1-3H3,(H,28,40)(H,29,34)(H,37,38);;/q;+1;-1/t17-,24-,26+;;/m1../s1. The number of amides is 6. The van der Waals surface area contributed by atoms with Gasteiger partial charge in [-0.2, -0.15) is 0 Å². The predicted octanol–water partition coefficient (Wildman–Crippen LogP) is -3.90. The molecule has 0 spiro atoms. The Morgan fingerprint density at radius 1 is 1.16 bits per heavy atom. The summed E-state index contributed by atoms with van der Waals surface area (Å²) in [6.07, 6.45) is 0. The first-order chi connectivity index (χ1) is 20.4. The summed E-state index contributed by atoms with van der Waals surface area (Å²) in [5.41, 5.74) is 4.13. The van der Waals surface area contributed by atoms with E-state index in [9.17, 15) is 38.7 Å². The minimum absolute atomic E-state index is 0. The number of likely N-dealkylation sites (N-methyl/N-ethyl adjacent to an activating group) is 1. The van der Waals surface area contributed by atoms with Crippen LogP contribution in [0.5, 0.6) is 0 Å². The molecule has 1 aromatic rings. The summed E-state index contributed by atoms with van der Waals surface area (Å²) in [4.78, 5) is 91.6. The summed E-state index contributed by atoms with van der Waals surface area (Å²) in [6.45, 7) is 2.80. The largest absolute Gasteiger partial charge is 1.00 e. The van der Waals surface area contributed by atoms with Gasteiger partial charge in [0.1, 0.15) is 23.7 Å². The molecule has 4 rings (SSSR count). The number of fused-ring (bicyclic) bond motifs is 1. The molecule has 16 nitrogen and oxygen atoms in total. The van der Waals surface area contributed by atoms with Gasteiger partial charge in [0.15, 0.2) is 0 Å². The third-order valence-electron chi connectivity index (χ3n) is 7.13. The molecule has 0 saturated carbocycles. The van der Waals surface area contributed by atoms with Crippen molar-refractivity contribution in [2.24, 2.45) is 0 Å². The van der Waals surface area contributed by atoms with Crippen LogP contribution < -0.4 is 45.9 Å². The van der Waals surface area contributed by atoms with E-state index in [4.69, 9.17) is 15.2 Å². The molecule has 1 aromatic carbocycles. The molecule has 0 bridgehead atoms. The quantitative estimate of drug-likeness (QED) is 0.0508. The summed E-state index contributed by atoms with van der Waals surface area (Å²) in [5.74, 6) is -5.78. The minimum Gasteiger partial charge on any atom is -1.00 e. The zero-order valence-electron chi connectivity index (χ0n) is 25.4. The maximum atomic E-state index is 13.8. The second-order valence-corrected chi connectivity index (χ2v) is 10.8. The first-order valence-electron chi connectivity index (χ1n) is 13.0. The second kappa shape index (κ2) is 14.0. The Labute approximate surface area is 279 Å². The van der Waals surface area contributed by atoms with E-state index in [0.717, 1.165) is 30.7 Å². The van der Waals surface area contributed by atoms with Gasteiger partial charge < -0.3 is 37.3 Å². The minimum atomic E-state index is -2.02. The molecule has 0 radical (unpaired) electrons. The van der Waals surface area contributed by atoms with Crippen molar-refractivity contribution in [1.82, 2.24) is 25.3 Å². The van der Waals surface area contributed by atoms with Crippen LogP contribution in [0.25, 0.3) is 0 Å². The van der Waals surface area contributed by atoms with Gasteiger partial charge in [-0.3, -0.25) is 33.8 Å². The average Bonchev–Trinajstić information content (AvgIpc) is 2.98. The van der Waals surface area contributed by atoms with Crippen LogP contribution in [0.3, 0.4) is 0 Å². The number of carboxylic acids is 1. The maximum absolute atomic E-state index is 13.8. The van der Waals surface area contributed by atoms with Crippen molar-refractivity contribution < 1.29 is 79.1 Å². The number of piperazine rings is 1. The number of rotatable bonds is 9. The third-order valence-corrected chi connectivity index (χ3v) is 8.50. The second-order valence-electron chi connectivity index (χ2n) is 9.70. The number of esters is 1. The fourth-order valence-electron chi connectivity index (χ4n) is 4.86. The maximum Gasteiger partial charge on any atom is 1.00 e. The van der Waals surface area contributed by atoms with Crippen molar-refractivity contribution in [1.29, 1.82) is 0 Å². The van der Waals surface area contributed by atoms with Gasteiger partial charge in [0.2, 0.25) is 5.91 Å². The SMILES string of the molecule is CCN1CCN(C(=O)N[C@@H](C(=O)N[C@]2(OC)C(=O)N3C(C(=O)O)=C(COC(C)=O)CS[C@@H]32)c2ccc(N)cc2)C(=O)C1=O.[H-].[Na+]. The number of hydrogen-bond acceptors (Lipinski definition) is 11. The van der Waals surface area contributed by atoms with Gasteiger partial charge in [-0.1, -0.05) is 12.1 Å². The third kappa shape index (κ3) is 6.41. The van der Waals surface area contributed by atoms with Crippen molar-refractivity contribution >= 4 is 59.0 Å². The normalized spacial score (nSPS) is 21.9. The molecular formula is C26H31N6NaO10S. The van der Waals surface area contributed by atoms with E-state index < -0.39 is 64.4 Å². The molecule has 0 aromatic heterocycles. The van der Waals surface area contributed by atoms with Crippen LogP contribution in [0.2, 0.25) is 0 Å². The van der Waals surface area contributed by atoms with Crippen molar-refractivity contribution in [3.05, 3.63) is 41.1 Å². The smallest absolute Gasteiger partial charge is 1.00 e. The number of thioether (sulfide) groups is 1. The van der Waals surface area contributed by atoms with Crippen LogP contribution in [0.15, 0.2) is 35.5 Å². The van der Waals surface area contributed by atoms with Crippen LogP contribution in [-0.2, 0) is 38.2 Å². The van der Waals surface area contributed by atoms with E-state index in [1.807, 2.05) is 0 Å². The monoisotopic (exact) mass is 642 g/mol. The van der Waals surface area contributed by atoms with E-state index in [0.29, 0.717) is 10.6 Å². The van der Waals surface area contributed by atoms with E-state index in [2.05, 4.69) is 10.6 Å². The Morgan fingerprint density at radius 3 is 2.39 bits per heavy atom. The number of anilines is 1. The molecule has 3 heterocycles. The van der Waals surface area contributed by atoms with Crippen LogP contribution >= 0.6 is 11.8 Å². The first-order valence-corrected chi connectivity index (χ1v) is 14.1. The molecular weight excluding hydrogens is 611 g/mol. The van der Waals surface area contributed by atoms with E-state index in [-0.39, 0.29) is 74.1 Å². The fourth-order valence-corrected chi connectivity index (χ4v) is 6.28. The fraction of sp³-hybridized carbons (Fsp3) is 0.423. The molecule has 18 heteroatoms. The number of nitrogens with zero attached hydrogens (tertiary/aromatic N) is 3. The van der Waals surface area contributed by atoms with Crippen molar-refractivity contribution in [2.75, 3.05) is 44.8 Å². The Hall–Kier alpha value is -3.64. The molecule has 44 heavy (non-hydrogen) atoms. The molecule has 2 fully saturated rings. The van der Waals surface area contributed by atoms with Gasteiger partial charge >= 0.3 is 59.3 Å². The molecule has 3 aliphatic rings. The number of methoxy groups -OCH3 is 1. The van der Waals surface area contributed by atoms with E-state index in [1.54, 1.807) is 6.92 Å². The van der Waals surface area contributed by atoms with E-state index >= 15 is 0 Å². The Morgan fingerprint density at radius 2 is 1.82 bits per heavy atom. The molecule has 232 valence electrons. The number of aliphatic carboxylic acids is 1. The number of hydrogen-bond donors (Lipinski definition) is 4. The number of imide groups is 1. The number of benzene rings is 1. The number of ether oxygens (including phenoxy) is 2. The van der Waals surface area contributed by atoms with Crippen LogP contribution in [0.1, 0.15) is 26.9 Å². The molecule has 2 saturated heterocycles. The Bertz CT molecular complexity index is 1430. The number of nitrogens with one attached hydrogen (secondary N) is 2. The molecule has 5 N–H and O–H groups in total. The first kappa shape index (κ1) is 34.8. The van der Waals surface area contributed by atoms with Gasteiger partial charge in [0, 0.05) is 50.7 Å². The topological polar surface area (TPSA) is 218 Å². The van der Waals surface area contributed by atoms with Crippen molar-refractivity contribution in [3.63, 3.8) is 0 Å². The van der Waals surface area contributed by atoms with Gasteiger partial charge in [0.25, 0.3) is 11.6 Å². The van der Waals surface area contributed by atoms with Crippen LogP contribution in [0, 0.1) is 0 Å². The molecule has 3 aliphatic heterocycles. The number of urea groups is 1. The molecule has 0 unspecified atom stereocenters. The number of carbonyl (C=O) groups is 7. The number of nitrogens with two attached hydrogens (primary N) is 1. The van der Waals surface area contributed by atoms with Crippen molar-refractivity contribution in [3.8, 4) is 0 Å². The summed E-state index contributed by atoms with van der Waals surface area (Å²) in [7, 11) is 1.16. The number of carbonyl (C=O) groups excluding carboxylic acids is 6. The average molecular weight is 643 g/mol. The number of carboxylic acid groups (broad SMARTS) is 1. The van der Waals surface area contributed by atoms with Crippen molar-refractivity contribution in [2.45, 2.75) is 31.0 Å². The Kier molecular flexibility index (Phi) is 11.1.